The Labute approximate surface area is 128 Å². The number of hydrogen-bond acceptors (Lipinski definition) is 4. The largest absolute Gasteiger partial charge is 0.486 e. The zero-order valence-corrected chi connectivity index (χ0v) is 13.9. The molecule has 0 aromatic carbocycles. The van der Waals surface area contributed by atoms with Gasteiger partial charge in [-0.15, -0.1) is 0 Å². The van der Waals surface area contributed by atoms with Crippen LogP contribution in [-0.2, 0) is 0 Å². The second-order valence-corrected chi connectivity index (χ2v) is 5.63. The predicted octanol–water partition coefficient (Wildman–Crippen LogP) is 3.85. The minimum absolute atomic E-state index is 0.356. The SMILES string of the molecule is CC.Cc1nc(C(C)C)c2c(n1)N1CC=CCCC1CO2. The number of hydrogen-bond donors (Lipinski definition) is 0. The van der Waals surface area contributed by atoms with Crippen molar-refractivity contribution in [2.75, 3.05) is 18.1 Å². The van der Waals surface area contributed by atoms with Gasteiger partial charge in [0.25, 0.3) is 0 Å². The summed E-state index contributed by atoms with van der Waals surface area (Å²) >= 11 is 0. The molecular formula is C17H27N3O. The number of anilines is 1. The average Bonchev–Trinajstić information content (AvgIpc) is 2.73. The normalized spacial score (nSPS) is 19.9. The van der Waals surface area contributed by atoms with Crippen molar-refractivity contribution in [2.45, 2.75) is 59.4 Å². The number of aryl methyl sites for hydroxylation is 1. The van der Waals surface area contributed by atoms with E-state index in [0.29, 0.717) is 12.0 Å². The quantitative estimate of drug-likeness (QED) is 0.736. The van der Waals surface area contributed by atoms with Gasteiger partial charge in [0.1, 0.15) is 12.4 Å². The van der Waals surface area contributed by atoms with E-state index in [9.17, 15) is 0 Å². The molecule has 2 aliphatic heterocycles. The smallest absolute Gasteiger partial charge is 0.183 e. The van der Waals surface area contributed by atoms with Crippen LogP contribution in [0.2, 0.25) is 0 Å². The molecule has 0 aliphatic carbocycles. The standard InChI is InChI=1S/C15H21N3O.C2H6/c1-10(2)13-14-15(17-11(3)16-13)18-8-6-4-5-7-12(18)9-19-14;1-2/h4,6,10,12H,5,7-9H2,1-3H3;1-2H3. The second kappa shape index (κ2) is 6.92. The second-order valence-electron chi connectivity index (χ2n) is 5.63. The molecule has 2 aliphatic rings. The molecule has 0 spiro atoms. The monoisotopic (exact) mass is 289 g/mol. The molecule has 1 atom stereocenters. The van der Waals surface area contributed by atoms with E-state index in [4.69, 9.17) is 4.74 Å². The van der Waals surface area contributed by atoms with Crippen molar-refractivity contribution in [3.63, 3.8) is 0 Å². The van der Waals surface area contributed by atoms with Crippen LogP contribution in [-0.4, -0.2) is 29.2 Å². The van der Waals surface area contributed by atoms with Crippen LogP contribution >= 0.6 is 0 Å². The summed E-state index contributed by atoms with van der Waals surface area (Å²) in [4.78, 5) is 11.6. The summed E-state index contributed by atoms with van der Waals surface area (Å²) in [6.07, 6.45) is 6.76. The van der Waals surface area contributed by atoms with Crippen molar-refractivity contribution in [3.8, 4) is 5.75 Å². The molecule has 21 heavy (non-hydrogen) atoms. The topological polar surface area (TPSA) is 38.2 Å². The molecule has 0 bridgehead atoms. The van der Waals surface area contributed by atoms with E-state index in [0.717, 1.165) is 49.1 Å². The lowest BCUT2D eigenvalue weighted by molar-refractivity contribution is 0.251. The minimum Gasteiger partial charge on any atom is -0.486 e. The van der Waals surface area contributed by atoms with Gasteiger partial charge in [0.15, 0.2) is 11.6 Å². The van der Waals surface area contributed by atoms with Crippen LogP contribution in [0.4, 0.5) is 5.82 Å². The maximum Gasteiger partial charge on any atom is 0.183 e. The number of allylic oxidation sites excluding steroid dienone is 1. The Bertz CT molecular complexity index is 511. The highest BCUT2D eigenvalue weighted by Crippen LogP contribution is 2.38. The van der Waals surface area contributed by atoms with Crippen molar-refractivity contribution < 1.29 is 4.74 Å². The Morgan fingerprint density at radius 3 is 2.71 bits per heavy atom. The summed E-state index contributed by atoms with van der Waals surface area (Å²) in [5, 5.41) is 0. The van der Waals surface area contributed by atoms with Gasteiger partial charge in [0.05, 0.1) is 11.7 Å². The van der Waals surface area contributed by atoms with E-state index in [1.165, 1.54) is 0 Å². The molecule has 4 heteroatoms. The third-order valence-corrected chi connectivity index (χ3v) is 3.80. The average molecular weight is 289 g/mol. The van der Waals surface area contributed by atoms with Crippen molar-refractivity contribution in [1.82, 2.24) is 9.97 Å². The molecule has 0 saturated carbocycles. The zero-order valence-electron chi connectivity index (χ0n) is 13.9. The highest BCUT2D eigenvalue weighted by molar-refractivity contribution is 5.58. The number of fused-ring (bicyclic) bond motifs is 3. The van der Waals surface area contributed by atoms with Gasteiger partial charge in [0, 0.05) is 6.54 Å². The summed E-state index contributed by atoms with van der Waals surface area (Å²) < 4.78 is 6.00. The first kappa shape index (κ1) is 15.8. The van der Waals surface area contributed by atoms with Crippen LogP contribution in [0.5, 0.6) is 5.75 Å². The van der Waals surface area contributed by atoms with Crippen LogP contribution in [0.3, 0.4) is 0 Å². The van der Waals surface area contributed by atoms with Gasteiger partial charge in [-0.05, 0) is 25.7 Å². The van der Waals surface area contributed by atoms with E-state index < -0.39 is 0 Å². The fourth-order valence-electron chi connectivity index (χ4n) is 2.80. The van der Waals surface area contributed by atoms with E-state index in [1.807, 2.05) is 20.8 Å². The third-order valence-electron chi connectivity index (χ3n) is 3.80. The van der Waals surface area contributed by atoms with Crippen molar-refractivity contribution in [2.24, 2.45) is 0 Å². The fraction of sp³-hybridized carbons (Fsp3) is 0.647. The number of ether oxygens (including phenoxy) is 1. The predicted molar refractivity (Wildman–Crippen MR) is 87.2 cm³/mol. The van der Waals surface area contributed by atoms with Crippen LogP contribution < -0.4 is 9.64 Å². The maximum absolute atomic E-state index is 6.00. The third kappa shape index (κ3) is 3.20. The van der Waals surface area contributed by atoms with E-state index in [-0.39, 0.29) is 0 Å². The molecule has 0 N–H and O–H groups in total. The molecule has 1 unspecified atom stereocenters. The zero-order chi connectivity index (χ0) is 15.4. The highest BCUT2D eigenvalue weighted by Gasteiger charge is 2.31. The molecule has 1 aromatic heterocycles. The summed E-state index contributed by atoms with van der Waals surface area (Å²) in [7, 11) is 0. The maximum atomic E-state index is 6.00. The van der Waals surface area contributed by atoms with Crippen molar-refractivity contribution in [3.05, 3.63) is 23.7 Å². The Morgan fingerprint density at radius 1 is 1.24 bits per heavy atom. The summed E-state index contributed by atoms with van der Waals surface area (Å²) in [5.74, 6) is 3.07. The summed E-state index contributed by atoms with van der Waals surface area (Å²) in [5.41, 5.74) is 1.04. The molecule has 0 radical (unpaired) electrons. The van der Waals surface area contributed by atoms with Crippen molar-refractivity contribution in [1.29, 1.82) is 0 Å². The molecule has 3 rings (SSSR count). The molecule has 4 nitrogen and oxygen atoms in total. The number of rotatable bonds is 1. The van der Waals surface area contributed by atoms with Crippen LogP contribution in [0.25, 0.3) is 0 Å². The first-order chi connectivity index (χ1) is 10.2. The first-order valence-corrected chi connectivity index (χ1v) is 8.09. The van der Waals surface area contributed by atoms with Gasteiger partial charge >= 0.3 is 0 Å². The highest BCUT2D eigenvalue weighted by atomic mass is 16.5. The summed E-state index contributed by atoms with van der Waals surface area (Å²) in [6.45, 7) is 11.9. The van der Waals surface area contributed by atoms with Crippen LogP contribution in [0.1, 0.15) is 58.0 Å². The fourth-order valence-corrected chi connectivity index (χ4v) is 2.80. The number of nitrogens with zero attached hydrogens (tertiary/aromatic N) is 3. The molecule has 0 amide bonds. The van der Waals surface area contributed by atoms with E-state index in [1.54, 1.807) is 0 Å². The molecule has 1 aromatic rings. The van der Waals surface area contributed by atoms with Gasteiger partial charge < -0.3 is 9.64 Å². The van der Waals surface area contributed by atoms with Gasteiger partial charge in [-0.25, -0.2) is 9.97 Å². The Balaban J connectivity index is 0.000000774. The van der Waals surface area contributed by atoms with Crippen LogP contribution in [0, 0.1) is 6.92 Å². The molecular weight excluding hydrogens is 262 g/mol. The van der Waals surface area contributed by atoms with Crippen LogP contribution in [0.15, 0.2) is 12.2 Å². The molecule has 0 fully saturated rings. The van der Waals surface area contributed by atoms with E-state index in [2.05, 4.69) is 40.9 Å². The minimum atomic E-state index is 0.356. The Kier molecular flexibility index (Phi) is 5.21. The van der Waals surface area contributed by atoms with Crippen molar-refractivity contribution >= 4 is 5.82 Å². The lowest BCUT2D eigenvalue weighted by atomic mass is 10.1. The summed E-state index contributed by atoms with van der Waals surface area (Å²) in [6, 6.07) is 0.441. The molecule has 0 saturated heterocycles. The first-order valence-electron chi connectivity index (χ1n) is 8.09. The Hall–Kier alpha value is -1.58. The lowest BCUT2D eigenvalue weighted by Gasteiger charge is -2.37. The molecule has 3 heterocycles. The molecule has 116 valence electrons. The van der Waals surface area contributed by atoms with Gasteiger partial charge in [-0.2, -0.15) is 0 Å². The lowest BCUT2D eigenvalue weighted by Crippen LogP contribution is -2.43. The van der Waals surface area contributed by atoms with Gasteiger partial charge in [0.2, 0.25) is 0 Å². The van der Waals surface area contributed by atoms with E-state index >= 15 is 0 Å². The van der Waals surface area contributed by atoms with Gasteiger partial charge in [-0.1, -0.05) is 39.8 Å². The number of aromatic nitrogens is 2. The van der Waals surface area contributed by atoms with Gasteiger partial charge in [-0.3, -0.25) is 0 Å². The Morgan fingerprint density at radius 2 is 2.00 bits per heavy atom.